The predicted octanol–water partition coefficient (Wildman–Crippen LogP) is 3.21. The van der Waals surface area contributed by atoms with Gasteiger partial charge in [0.1, 0.15) is 11.9 Å². The highest BCUT2D eigenvalue weighted by molar-refractivity contribution is 6.18. The van der Waals surface area contributed by atoms with E-state index in [1.807, 2.05) is 43.7 Å². The molecule has 0 saturated heterocycles. The van der Waals surface area contributed by atoms with Gasteiger partial charge in [0, 0.05) is 44.0 Å². The summed E-state index contributed by atoms with van der Waals surface area (Å²) >= 11 is 11.9. The maximum absolute atomic E-state index is 12.8. The van der Waals surface area contributed by atoms with Crippen molar-refractivity contribution in [2.24, 2.45) is 18.7 Å². The minimum atomic E-state index is -0.861. The lowest BCUT2D eigenvalue weighted by molar-refractivity contribution is -0.152. The molecule has 10 heteroatoms. The maximum Gasteiger partial charge on any atom is 0.328 e. The molecule has 1 heterocycles. The Hall–Kier alpha value is -2.03. The molecule has 0 aliphatic carbocycles. The molecule has 2 atom stereocenters. The number of aromatic nitrogens is 2. The van der Waals surface area contributed by atoms with Crippen LogP contribution in [-0.4, -0.2) is 64.5 Å². The molecule has 2 rings (SSSR count). The van der Waals surface area contributed by atoms with Crippen LogP contribution >= 0.6 is 23.2 Å². The first-order chi connectivity index (χ1) is 16.1. The van der Waals surface area contributed by atoms with Crippen LogP contribution in [0.1, 0.15) is 39.9 Å². The molecule has 2 aromatic rings. The van der Waals surface area contributed by atoms with Crippen LogP contribution in [0.4, 0.5) is 5.69 Å². The Morgan fingerprint density at radius 1 is 1.18 bits per heavy atom. The standard InChI is InChI=1S/C24H37Cl2N5O3/c1-15(2)12-20(24(33)34-16(3)4)29-23(32)18(27)14-22-28-19-13-17(6-7-21(19)30(22)5)31(10-8-25)11-9-26/h6-7,13,15-16,18,20H,8-12,14,27H2,1-5H3,(H,29,32)/t18-,20-/m0/s1. The number of rotatable bonds is 13. The van der Waals surface area contributed by atoms with E-state index in [0.717, 1.165) is 16.7 Å². The van der Waals surface area contributed by atoms with Gasteiger partial charge in [-0.15, -0.1) is 23.2 Å². The van der Waals surface area contributed by atoms with Crippen LogP contribution in [0.5, 0.6) is 0 Å². The summed E-state index contributed by atoms with van der Waals surface area (Å²) in [7, 11) is 1.89. The van der Waals surface area contributed by atoms with Gasteiger partial charge < -0.3 is 25.3 Å². The Kier molecular flexibility index (Phi) is 10.9. The number of esters is 1. The summed E-state index contributed by atoms with van der Waals surface area (Å²) in [6.07, 6.45) is 0.440. The molecule has 0 fully saturated rings. The van der Waals surface area contributed by atoms with Crippen molar-refractivity contribution in [1.29, 1.82) is 0 Å². The third-order valence-electron chi connectivity index (χ3n) is 5.43. The van der Waals surface area contributed by atoms with E-state index in [2.05, 4.69) is 10.2 Å². The van der Waals surface area contributed by atoms with Crippen LogP contribution in [0.3, 0.4) is 0 Å². The second-order valence-corrected chi connectivity index (χ2v) is 9.87. The molecule has 8 nitrogen and oxygen atoms in total. The zero-order chi connectivity index (χ0) is 25.4. The van der Waals surface area contributed by atoms with Crippen LogP contribution in [0, 0.1) is 5.92 Å². The summed E-state index contributed by atoms with van der Waals surface area (Å²) in [6.45, 7) is 8.88. The fourth-order valence-electron chi connectivity index (χ4n) is 3.76. The minimum Gasteiger partial charge on any atom is -0.461 e. The number of fused-ring (bicyclic) bond motifs is 1. The van der Waals surface area contributed by atoms with Crippen molar-refractivity contribution in [2.75, 3.05) is 29.7 Å². The number of aryl methyl sites for hydroxylation is 1. The van der Waals surface area contributed by atoms with E-state index >= 15 is 0 Å². The van der Waals surface area contributed by atoms with Crippen molar-refractivity contribution < 1.29 is 14.3 Å². The average Bonchev–Trinajstić information content (AvgIpc) is 3.06. The Morgan fingerprint density at radius 2 is 1.82 bits per heavy atom. The zero-order valence-electron chi connectivity index (χ0n) is 20.7. The first-order valence-electron chi connectivity index (χ1n) is 11.7. The molecular weight excluding hydrogens is 477 g/mol. The van der Waals surface area contributed by atoms with Crippen molar-refractivity contribution in [3.63, 3.8) is 0 Å². The first kappa shape index (κ1) is 28.2. The number of ether oxygens (including phenoxy) is 1. The normalized spacial score (nSPS) is 13.4. The van der Waals surface area contributed by atoms with Crippen LogP contribution in [-0.2, 0) is 27.8 Å². The number of carbonyl (C=O) groups excluding carboxylic acids is 2. The quantitative estimate of drug-likeness (QED) is 0.315. The highest BCUT2D eigenvalue weighted by Gasteiger charge is 2.27. The van der Waals surface area contributed by atoms with Crippen LogP contribution in [0.15, 0.2) is 18.2 Å². The fraction of sp³-hybridized carbons (Fsp3) is 0.625. The molecule has 1 amide bonds. The third kappa shape index (κ3) is 7.75. The summed E-state index contributed by atoms with van der Waals surface area (Å²) in [5.41, 5.74) is 8.94. The SMILES string of the molecule is CC(C)C[C@H](NC(=O)[C@@H](N)Cc1nc2cc(N(CCCl)CCCl)ccc2n1C)C(=O)OC(C)C. The van der Waals surface area contributed by atoms with Gasteiger partial charge in [0.05, 0.1) is 23.2 Å². The number of halogens is 2. The summed E-state index contributed by atoms with van der Waals surface area (Å²) in [5, 5.41) is 2.77. The summed E-state index contributed by atoms with van der Waals surface area (Å²) < 4.78 is 7.23. The lowest BCUT2D eigenvalue weighted by Gasteiger charge is -2.22. The van der Waals surface area contributed by atoms with E-state index in [1.165, 1.54) is 0 Å². The highest BCUT2D eigenvalue weighted by Crippen LogP contribution is 2.23. The molecule has 190 valence electrons. The zero-order valence-corrected chi connectivity index (χ0v) is 22.2. The number of alkyl halides is 2. The number of nitrogens with two attached hydrogens (primary N) is 1. The van der Waals surface area contributed by atoms with Crippen molar-refractivity contribution in [3.05, 3.63) is 24.0 Å². The summed E-state index contributed by atoms with van der Waals surface area (Å²) in [6, 6.07) is 4.39. The first-order valence-corrected chi connectivity index (χ1v) is 12.7. The number of hydrogen-bond donors (Lipinski definition) is 2. The molecule has 1 aromatic heterocycles. The van der Waals surface area contributed by atoms with Gasteiger partial charge in [0.2, 0.25) is 5.91 Å². The summed E-state index contributed by atoms with van der Waals surface area (Å²) in [5.74, 6) is 1.02. The molecule has 0 spiro atoms. The van der Waals surface area contributed by atoms with Crippen molar-refractivity contribution in [1.82, 2.24) is 14.9 Å². The number of amides is 1. The molecule has 0 aliphatic rings. The lowest BCUT2D eigenvalue weighted by atomic mass is 10.0. The van der Waals surface area contributed by atoms with Crippen molar-refractivity contribution >= 4 is 51.8 Å². The molecule has 1 aromatic carbocycles. The Morgan fingerprint density at radius 3 is 2.38 bits per heavy atom. The minimum absolute atomic E-state index is 0.201. The molecule has 0 saturated carbocycles. The smallest absolute Gasteiger partial charge is 0.328 e. The summed E-state index contributed by atoms with van der Waals surface area (Å²) in [4.78, 5) is 32.1. The lowest BCUT2D eigenvalue weighted by Crippen LogP contribution is -2.50. The van der Waals surface area contributed by atoms with E-state index < -0.39 is 24.0 Å². The van der Waals surface area contributed by atoms with Gasteiger partial charge in [0.25, 0.3) is 0 Å². The Balaban J connectivity index is 2.17. The van der Waals surface area contributed by atoms with Gasteiger partial charge in [0.15, 0.2) is 0 Å². The van der Waals surface area contributed by atoms with Gasteiger partial charge in [-0.2, -0.15) is 0 Å². The highest BCUT2D eigenvalue weighted by atomic mass is 35.5. The molecule has 0 bridgehead atoms. The Bertz CT molecular complexity index is 957. The Labute approximate surface area is 212 Å². The largest absolute Gasteiger partial charge is 0.461 e. The van der Waals surface area contributed by atoms with Gasteiger partial charge in [-0.25, -0.2) is 9.78 Å². The van der Waals surface area contributed by atoms with Gasteiger partial charge in [-0.3, -0.25) is 4.79 Å². The van der Waals surface area contributed by atoms with E-state index in [1.54, 1.807) is 13.8 Å². The van der Waals surface area contributed by atoms with Gasteiger partial charge >= 0.3 is 5.97 Å². The number of benzene rings is 1. The number of imidazole rings is 1. The van der Waals surface area contributed by atoms with E-state index in [0.29, 0.717) is 37.1 Å². The number of nitrogens with zero attached hydrogens (tertiary/aromatic N) is 3. The van der Waals surface area contributed by atoms with E-state index in [9.17, 15) is 9.59 Å². The number of anilines is 1. The van der Waals surface area contributed by atoms with E-state index in [-0.39, 0.29) is 18.4 Å². The second kappa shape index (κ2) is 13.2. The fourth-order valence-corrected chi connectivity index (χ4v) is 4.17. The number of hydrogen-bond acceptors (Lipinski definition) is 6. The van der Waals surface area contributed by atoms with Crippen LogP contribution in [0.25, 0.3) is 11.0 Å². The van der Waals surface area contributed by atoms with E-state index in [4.69, 9.17) is 38.7 Å². The number of carbonyl (C=O) groups is 2. The topological polar surface area (TPSA) is 102 Å². The molecule has 3 N–H and O–H groups in total. The molecular formula is C24H37Cl2N5O3. The van der Waals surface area contributed by atoms with Crippen LogP contribution in [0.2, 0.25) is 0 Å². The van der Waals surface area contributed by atoms with Crippen molar-refractivity contribution in [3.8, 4) is 0 Å². The molecule has 0 unspecified atom stereocenters. The second-order valence-electron chi connectivity index (χ2n) is 9.11. The predicted molar refractivity (Wildman–Crippen MR) is 139 cm³/mol. The average molecular weight is 514 g/mol. The monoisotopic (exact) mass is 513 g/mol. The van der Waals surface area contributed by atoms with Crippen molar-refractivity contribution in [2.45, 2.75) is 58.7 Å². The maximum atomic E-state index is 12.8. The third-order valence-corrected chi connectivity index (χ3v) is 5.77. The van der Waals surface area contributed by atoms with Gasteiger partial charge in [-0.05, 0) is 44.4 Å². The number of nitrogens with one attached hydrogen (secondary N) is 1. The molecule has 0 radical (unpaired) electrons. The van der Waals surface area contributed by atoms with Gasteiger partial charge in [-0.1, -0.05) is 13.8 Å². The molecule has 34 heavy (non-hydrogen) atoms. The van der Waals surface area contributed by atoms with Crippen LogP contribution < -0.4 is 16.0 Å². The molecule has 0 aliphatic heterocycles.